The lowest BCUT2D eigenvalue weighted by Crippen LogP contribution is -2.27. The summed E-state index contributed by atoms with van der Waals surface area (Å²) < 4.78 is 0. The molecule has 0 amide bonds. The SMILES string of the molecule is Oc1c(C=N[C@H]2CCCC[C@H]2N=Cc2cc3ccccc3c(-c3c(-c4ccccc4)ccc4ccccc34)c2O)cc2ccccc2c1-c1c(-c2ccccc2)ccc2ccccc12. The molecule has 10 aromatic rings. The highest BCUT2D eigenvalue weighted by molar-refractivity contribution is 6.16. The van der Waals surface area contributed by atoms with E-state index in [2.05, 4.69) is 158 Å². The van der Waals surface area contributed by atoms with E-state index in [1.807, 2.05) is 48.8 Å². The number of rotatable bonds is 8. The molecule has 0 unspecified atom stereocenters. The van der Waals surface area contributed by atoms with Gasteiger partial charge in [0.25, 0.3) is 0 Å². The molecule has 1 saturated carbocycles. The lowest BCUT2D eigenvalue weighted by molar-refractivity contribution is 0.390. The van der Waals surface area contributed by atoms with Gasteiger partial charge in [0, 0.05) is 45.8 Å². The van der Waals surface area contributed by atoms with Crippen molar-refractivity contribution in [2.24, 2.45) is 9.98 Å². The van der Waals surface area contributed by atoms with Gasteiger partial charge < -0.3 is 10.2 Å². The van der Waals surface area contributed by atoms with E-state index in [0.717, 1.165) is 113 Å². The summed E-state index contributed by atoms with van der Waals surface area (Å²) in [5.74, 6) is 0.424. The van der Waals surface area contributed by atoms with Gasteiger partial charge in [-0.1, -0.05) is 195 Å². The van der Waals surface area contributed by atoms with Gasteiger partial charge >= 0.3 is 0 Å². The minimum Gasteiger partial charge on any atom is -0.507 e. The molecule has 1 aliphatic carbocycles. The van der Waals surface area contributed by atoms with Gasteiger partial charge in [-0.05, 0) is 90.3 Å². The molecule has 2 atom stereocenters. The van der Waals surface area contributed by atoms with Crippen LogP contribution < -0.4 is 0 Å². The highest BCUT2D eigenvalue weighted by Crippen LogP contribution is 2.48. The van der Waals surface area contributed by atoms with Gasteiger partial charge in [0.15, 0.2) is 0 Å². The fourth-order valence-electron chi connectivity index (χ4n) is 10.0. The third-order valence-corrected chi connectivity index (χ3v) is 13.1. The standard InChI is InChI=1S/C60H46N2O2/c63-59-45(35-43-23-9-13-27-49(43)57(59)55-47-25-11-7-21-41(47)31-33-51(55)39-17-3-1-4-18-39)37-61-53-29-15-16-30-54(53)62-38-46-36-44-24-10-14-28-50(44)58(60(46)64)56-48-26-12-8-22-42(48)32-34-52(56)40-19-5-2-6-20-40/h1-14,17-28,31-38,53-54,63-64H,15-16,29-30H2/t53-,54+. The summed E-state index contributed by atoms with van der Waals surface area (Å²) in [7, 11) is 0. The molecule has 1 aliphatic rings. The molecule has 0 aromatic heterocycles. The number of phenols is 2. The van der Waals surface area contributed by atoms with E-state index in [9.17, 15) is 10.2 Å². The lowest BCUT2D eigenvalue weighted by Gasteiger charge is -2.26. The van der Waals surface area contributed by atoms with Crippen LogP contribution in [0.25, 0.3) is 87.6 Å². The van der Waals surface area contributed by atoms with E-state index in [-0.39, 0.29) is 23.6 Å². The molecule has 0 spiro atoms. The second kappa shape index (κ2) is 16.8. The summed E-state index contributed by atoms with van der Waals surface area (Å²) in [5, 5.41) is 33.4. The maximum Gasteiger partial charge on any atom is 0.132 e. The van der Waals surface area contributed by atoms with Crippen molar-refractivity contribution < 1.29 is 10.2 Å². The van der Waals surface area contributed by atoms with Crippen molar-refractivity contribution in [2.45, 2.75) is 37.8 Å². The minimum atomic E-state index is -0.0958. The Balaban J connectivity index is 1.00. The Morgan fingerprint density at radius 2 is 0.703 bits per heavy atom. The number of hydrogen-bond acceptors (Lipinski definition) is 4. The third kappa shape index (κ3) is 7.07. The maximum atomic E-state index is 12.5. The van der Waals surface area contributed by atoms with E-state index in [4.69, 9.17) is 9.98 Å². The van der Waals surface area contributed by atoms with Crippen LogP contribution in [-0.2, 0) is 0 Å². The molecule has 4 nitrogen and oxygen atoms in total. The third-order valence-electron chi connectivity index (χ3n) is 13.1. The average Bonchev–Trinajstić information content (AvgIpc) is 3.35. The molecular weight excluding hydrogens is 781 g/mol. The molecule has 10 aromatic carbocycles. The zero-order chi connectivity index (χ0) is 43.0. The Bertz CT molecular complexity index is 3200. The quantitative estimate of drug-likeness (QED) is 0.150. The first kappa shape index (κ1) is 39.1. The van der Waals surface area contributed by atoms with Crippen LogP contribution in [0.1, 0.15) is 36.8 Å². The second-order valence-electron chi connectivity index (χ2n) is 16.9. The van der Waals surface area contributed by atoms with E-state index in [0.29, 0.717) is 11.1 Å². The number of nitrogens with zero attached hydrogens (tertiary/aromatic N) is 2. The van der Waals surface area contributed by atoms with Gasteiger partial charge in [-0.2, -0.15) is 0 Å². The van der Waals surface area contributed by atoms with Gasteiger partial charge in [-0.15, -0.1) is 0 Å². The molecule has 64 heavy (non-hydrogen) atoms. The maximum absolute atomic E-state index is 12.5. The summed E-state index contributed by atoms with van der Waals surface area (Å²) in [4.78, 5) is 10.5. The summed E-state index contributed by atoms with van der Waals surface area (Å²) in [6, 6.07) is 66.9. The van der Waals surface area contributed by atoms with Crippen molar-refractivity contribution in [1.82, 2.24) is 0 Å². The van der Waals surface area contributed by atoms with Crippen LogP contribution in [-0.4, -0.2) is 34.7 Å². The Hall–Kier alpha value is -7.82. The first-order valence-electron chi connectivity index (χ1n) is 22.3. The van der Waals surface area contributed by atoms with Gasteiger partial charge in [0.2, 0.25) is 0 Å². The molecule has 1 fully saturated rings. The molecular formula is C60H46N2O2. The molecule has 2 N–H and O–H groups in total. The lowest BCUT2D eigenvalue weighted by atomic mass is 9.86. The van der Waals surface area contributed by atoms with Gasteiger partial charge in [-0.3, -0.25) is 9.98 Å². The molecule has 0 radical (unpaired) electrons. The molecule has 308 valence electrons. The molecule has 4 heteroatoms. The molecule has 0 saturated heterocycles. The van der Waals surface area contributed by atoms with Crippen LogP contribution in [0.5, 0.6) is 11.5 Å². The fourth-order valence-corrected chi connectivity index (χ4v) is 10.0. The first-order chi connectivity index (χ1) is 31.6. The predicted octanol–water partition coefficient (Wildman–Crippen LogP) is 15.2. The molecule has 0 heterocycles. The minimum absolute atomic E-state index is 0.0958. The number of phenolic OH excluding ortho intramolecular Hbond substituents is 2. The average molecular weight is 827 g/mol. The summed E-state index contributed by atoms with van der Waals surface area (Å²) in [5.41, 5.74) is 9.27. The van der Waals surface area contributed by atoms with Gasteiger partial charge in [0.1, 0.15) is 11.5 Å². The first-order valence-corrected chi connectivity index (χ1v) is 22.3. The Kier molecular flexibility index (Phi) is 10.3. The normalized spacial score (nSPS) is 15.6. The monoisotopic (exact) mass is 826 g/mol. The second-order valence-corrected chi connectivity index (χ2v) is 16.9. The highest BCUT2D eigenvalue weighted by Gasteiger charge is 2.26. The number of fused-ring (bicyclic) bond motifs is 4. The van der Waals surface area contributed by atoms with Crippen LogP contribution in [0.3, 0.4) is 0 Å². The zero-order valence-corrected chi connectivity index (χ0v) is 35.4. The van der Waals surface area contributed by atoms with Crippen molar-refractivity contribution in [2.75, 3.05) is 0 Å². The Labute approximate surface area is 373 Å². The fraction of sp³-hybridized carbons (Fsp3) is 0.100. The summed E-state index contributed by atoms with van der Waals surface area (Å²) >= 11 is 0. The Morgan fingerprint density at radius 3 is 1.11 bits per heavy atom. The number of hydrogen-bond donors (Lipinski definition) is 2. The van der Waals surface area contributed by atoms with Crippen molar-refractivity contribution in [3.8, 4) is 56.0 Å². The zero-order valence-electron chi connectivity index (χ0n) is 35.4. The van der Waals surface area contributed by atoms with Crippen molar-refractivity contribution in [1.29, 1.82) is 0 Å². The summed E-state index contributed by atoms with van der Waals surface area (Å²) in [6.45, 7) is 0. The van der Waals surface area contributed by atoms with Crippen LogP contribution >= 0.6 is 0 Å². The van der Waals surface area contributed by atoms with Gasteiger partial charge in [0.05, 0.1) is 12.1 Å². The number of aliphatic imine (C=N–C) groups is 2. The molecule has 0 bridgehead atoms. The predicted molar refractivity (Wildman–Crippen MR) is 269 cm³/mol. The van der Waals surface area contributed by atoms with Crippen LogP contribution in [0.15, 0.2) is 204 Å². The largest absolute Gasteiger partial charge is 0.507 e. The molecule has 0 aliphatic heterocycles. The van der Waals surface area contributed by atoms with E-state index in [1.165, 1.54) is 0 Å². The van der Waals surface area contributed by atoms with Crippen LogP contribution in [0.4, 0.5) is 0 Å². The highest BCUT2D eigenvalue weighted by atomic mass is 16.3. The number of benzene rings is 10. The van der Waals surface area contributed by atoms with Crippen LogP contribution in [0, 0.1) is 0 Å². The summed E-state index contributed by atoms with van der Waals surface area (Å²) in [6.07, 6.45) is 7.60. The number of aromatic hydroxyl groups is 2. The smallest absolute Gasteiger partial charge is 0.132 e. The van der Waals surface area contributed by atoms with Crippen molar-refractivity contribution >= 4 is 55.5 Å². The van der Waals surface area contributed by atoms with Crippen molar-refractivity contribution in [3.05, 3.63) is 205 Å². The Morgan fingerprint density at radius 1 is 0.359 bits per heavy atom. The van der Waals surface area contributed by atoms with E-state index in [1.54, 1.807) is 0 Å². The topological polar surface area (TPSA) is 65.2 Å². The van der Waals surface area contributed by atoms with Crippen LogP contribution in [0.2, 0.25) is 0 Å². The van der Waals surface area contributed by atoms with Gasteiger partial charge in [-0.25, -0.2) is 0 Å². The van der Waals surface area contributed by atoms with Crippen molar-refractivity contribution in [3.63, 3.8) is 0 Å². The van der Waals surface area contributed by atoms with E-state index >= 15 is 0 Å². The molecule has 11 rings (SSSR count). The van der Waals surface area contributed by atoms with E-state index < -0.39 is 0 Å².